The fourth-order valence-corrected chi connectivity index (χ4v) is 2.47. The molecule has 2 aromatic carbocycles. The molecule has 0 atom stereocenters. The second-order valence-electron chi connectivity index (χ2n) is 4.35. The van der Waals surface area contributed by atoms with Gasteiger partial charge >= 0.3 is 0 Å². The van der Waals surface area contributed by atoms with Crippen LogP contribution in [0.2, 0.25) is 0 Å². The standard InChI is InChI=1S/C15H13FN4S/c16-11-6-8-12(9-7-11)17-10-14-19-20-15(21-14)18-13-4-2-1-3-5-13/h1-9,17H,10H2,(H,18,20). The van der Waals surface area contributed by atoms with Crippen LogP contribution < -0.4 is 10.6 Å². The summed E-state index contributed by atoms with van der Waals surface area (Å²) in [6.45, 7) is 0.555. The highest BCUT2D eigenvalue weighted by atomic mass is 32.1. The van der Waals surface area contributed by atoms with Crippen LogP contribution in [0.1, 0.15) is 5.01 Å². The number of hydrogen-bond acceptors (Lipinski definition) is 5. The minimum atomic E-state index is -0.245. The number of aromatic nitrogens is 2. The van der Waals surface area contributed by atoms with E-state index in [1.54, 1.807) is 12.1 Å². The molecule has 1 aromatic heterocycles. The van der Waals surface area contributed by atoms with Crippen molar-refractivity contribution in [3.63, 3.8) is 0 Å². The normalized spacial score (nSPS) is 10.3. The van der Waals surface area contributed by atoms with Crippen molar-refractivity contribution in [2.24, 2.45) is 0 Å². The minimum Gasteiger partial charge on any atom is -0.378 e. The molecule has 0 aliphatic rings. The molecule has 2 N–H and O–H groups in total. The fraction of sp³-hybridized carbons (Fsp3) is 0.0667. The van der Waals surface area contributed by atoms with Crippen molar-refractivity contribution >= 4 is 27.8 Å². The third-order valence-corrected chi connectivity index (χ3v) is 3.62. The predicted octanol–water partition coefficient (Wildman–Crippen LogP) is 4.03. The van der Waals surface area contributed by atoms with Crippen molar-refractivity contribution in [2.75, 3.05) is 10.6 Å². The van der Waals surface area contributed by atoms with Crippen LogP contribution in [0.25, 0.3) is 0 Å². The first-order valence-corrected chi connectivity index (χ1v) is 7.25. The first-order valence-electron chi connectivity index (χ1n) is 6.43. The molecule has 0 spiro atoms. The van der Waals surface area contributed by atoms with Gasteiger partial charge in [0, 0.05) is 11.4 Å². The minimum absolute atomic E-state index is 0.245. The average Bonchev–Trinajstić information content (AvgIpc) is 2.95. The smallest absolute Gasteiger partial charge is 0.210 e. The van der Waals surface area contributed by atoms with Gasteiger partial charge in [-0.05, 0) is 36.4 Å². The van der Waals surface area contributed by atoms with Crippen molar-refractivity contribution in [1.82, 2.24) is 10.2 Å². The monoisotopic (exact) mass is 300 g/mol. The van der Waals surface area contributed by atoms with E-state index in [4.69, 9.17) is 0 Å². The quantitative estimate of drug-likeness (QED) is 0.747. The molecule has 3 aromatic rings. The van der Waals surface area contributed by atoms with Crippen molar-refractivity contribution in [2.45, 2.75) is 6.54 Å². The van der Waals surface area contributed by atoms with Crippen LogP contribution in [0.5, 0.6) is 0 Å². The van der Waals surface area contributed by atoms with Gasteiger partial charge in [0.25, 0.3) is 0 Å². The molecule has 0 saturated heterocycles. The van der Waals surface area contributed by atoms with E-state index in [0.717, 1.165) is 21.5 Å². The second kappa shape index (κ2) is 6.32. The van der Waals surface area contributed by atoms with Gasteiger partial charge in [-0.1, -0.05) is 29.5 Å². The van der Waals surface area contributed by atoms with E-state index < -0.39 is 0 Å². The molecule has 0 unspecified atom stereocenters. The summed E-state index contributed by atoms with van der Waals surface area (Å²) in [7, 11) is 0. The van der Waals surface area contributed by atoms with Crippen LogP contribution in [0.4, 0.5) is 20.9 Å². The number of nitrogens with one attached hydrogen (secondary N) is 2. The lowest BCUT2D eigenvalue weighted by Crippen LogP contribution is -1.98. The molecule has 106 valence electrons. The Bertz CT molecular complexity index is 697. The molecule has 0 saturated carbocycles. The Kier molecular flexibility index (Phi) is 4.07. The van der Waals surface area contributed by atoms with Crippen molar-refractivity contribution in [3.05, 3.63) is 65.4 Å². The lowest BCUT2D eigenvalue weighted by atomic mass is 10.3. The van der Waals surface area contributed by atoms with Gasteiger partial charge in [-0.25, -0.2) is 4.39 Å². The Morgan fingerprint density at radius 2 is 1.67 bits per heavy atom. The molecular formula is C15H13FN4S. The highest BCUT2D eigenvalue weighted by molar-refractivity contribution is 7.15. The van der Waals surface area contributed by atoms with Crippen LogP contribution in [0, 0.1) is 5.82 Å². The molecule has 0 radical (unpaired) electrons. The molecule has 1 heterocycles. The van der Waals surface area contributed by atoms with Gasteiger partial charge in [0.2, 0.25) is 5.13 Å². The van der Waals surface area contributed by atoms with Gasteiger partial charge in [0.1, 0.15) is 10.8 Å². The average molecular weight is 300 g/mol. The Morgan fingerprint density at radius 1 is 0.905 bits per heavy atom. The predicted molar refractivity (Wildman–Crippen MR) is 83.4 cm³/mol. The summed E-state index contributed by atoms with van der Waals surface area (Å²) in [5.41, 5.74) is 1.83. The van der Waals surface area contributed by atoms with Gasteiger partial charge in [-0.15, -0.1) is 10.2 Å². The van der Waals surface area contributed by atoms with Crippen LogP contribution in [-0.2, 0) is 6.54 Å². The van der Waals surface area contributed by atoms with Crippen LogP contribution in [-0.4, -0.2) is 10.2 Å². The number of halogens is 1. The number of para-hydroxylation sites is 1. The van der Waals surface area contributed by atoms with E-state index in [1.807, 2.05) is 30.3 Å². The van der Waals surface area contributed by atoms with Crippen LogP contribution in [0.15, 0.2) is 54.6 Å². The second-order valence-corrected chi connectivity index (χ2v) is 5.41. The molecule has 0 aliphatic carbocycles. The molecule has 21 heavy (non-hydrogen) atoms. The number of hydrogen-bond donors (Lipinski definition) is 2. The highest BCUT2D eigenvalue weighted by Gasteiger charge is 2.04. The first kappa shape index (κ1) is 13.5. The molecular weight excluding hydrogens is 287 g/mol. The summed E-state index contributed by atoms with van der Waals surface area (Å²) < 4.78 is 12.8. The molecule has 0 amide bonds. The van der Waals surface area contributed by atoms with E-state index in [9.17, 15) is 4.39 Å². The number of rotatable bonds is 5. The van der Waals surface area contributed by atoms with Crippen molar-refractivity contribution in [3.8, 4) is 0 Å². The molecule has 0 bridgehead atoms. The topological polar surface area (TPSA) is 49.8 Å². The summed E-state index contributed by atoms with van der Waals surface area (Å²) in [6.07, 6.45) is 0. The zero-order valence-electron chi connectivity index (χ0n) is 11.1. The number of benzene rings is 2. The Labute approximate surface area is 125 Å². The van der Waals surface area contributed by atoms with Gasteiger partial charge < -0.3 is 10.6 Å². The maximum Gasteiger partial charge on any atom is 0.210 e. The maximum absolute atomic E-state index is 12.8. The maximum atomic E-state index is 12.8. The molecule has 0 fully saturated rings. The largest absolute Gasteiger partial charge is 0.378 e. The van der Waals surface area contributed by atoms with Crippen molar-refractivity contribution in [1.29, 1.82) is 0 Å². The zero-order valence-corrected chi connectivity index (χ0v) is 11.9. The van der Waals surface area contributed by atoms with Gasteiger partial charge in [0.15, 0.2) is 0 Å². The third kappa shape index (κ3) is 3.76. The van der Waals surface area contributed by atoms with Gasteiger partial charge in [-0.3, -0.25) is 0 Å². The fourth-order valence-electron chi connectivity index (χ4n) is 1.77. The third-order valence-electron chi connectivity index (χ3n) is 2.78. The van der Waals surface area contributed by atoms with Crippen LogP contribution in [0.3, 0.4) is 0 Å². The highest BCUT2D eigenvalue weighted by Crippen LogP contribution is 2.21. The Hall–Kier alpha value is -2.47. The summed E-state index contributed by atoms with van der Waals surface area (Å²) in [6, 6.07) is 16.0. The summed E-state index contributed by atoms with van der Waals surface area (Å²) in [5, 5.41) is 16.2. The first-order chi connectivity index (χ1) is 10.3. The Morgan fingerprint density at radius 3 is 2.43 bits per heavy atom. The zero-order chi connectivity index (χ0) is 14.5. The Balaban J connectivity index is 1.59. The van der Waals surface area contributed by atoms with E-state index >= 15 is 0 Å². The lowest BCUT2D eigenvalue weighted by Gasteiger charge is -2.02. The summed E-state index contributed by atoms with van der Waals surface area (Å²) in [5.74, 6) is -0.245. The van der Waals surface area contributed by atoms with Gasteiger partial charge in [0.05, 0.1) is 6.54 Å². The molecule has 3 rings (SSSR count). The number of anilines is 3. The van der Waals surface area contributed by atoms with E-state index in [-0.39, 0.29) is 5.82 Å². The SMILES string of the molecule is Fc1ccc(NCc2nnc(Nc3ccccc3)s2)cc1. The molecule has 4 nitrogen and oxygen atoms in total. The summed E-state index contributed by atoms with van der Waals surface area (Å²) >= 11 is 1.48. The lowest BCUT2D eigenvalue weighted by molar-refractivity contribution is 0.628. The van der Waals surface area contributed by atoms with Crippen LogP contribution >= 0.6 is 11.3 Å². The molecule has 0 aliphatic heterocycles. The summed E-state index contributed by atoms with van der Waals surface area (Å²) in [4.78, 5) is 0. The van der Waals surface area contributed by atoms with Gasteiger partial charge in [-0.2, -0.15) is 0 Å². The van der Waals surface area contributed by atoms with E-state index in [0.29, 0.717) is 6.54 Å². The number of nitrogens with zero attached hydrogens (tertiary/aromatic N) is 2. The molecule has 6 heteroatoms. The van der Waals surface area contributed by atoms with E-state index in [1.165, 1.54) is 23.5 Å². The van der Waals surface area contributed by atoms with E-state index in [2.05, 4.69) is 20.8 Å². The van der Waals surface area contributed by atoms with Crippen molar-refractivity contribution < 1.29 is 4.39 Å².